The fraction of sp³-hybridized carbons (Fsp3) is 0.944. The molecule has 0 aromatic carbocycles. The fourth-order valence-corrected chi connectivity index (χ4v) is 3.73. The first-order valence-corrected chi connectivity index (χ1v) is 8.70. The number of hydrogen-bond acceptors (Lipinski definition) is 3. The standard InChI is InChI=1S/C18H34N2O2/c1-16(2,3)22-15(21)20-11-9-8-10-13(20)12-19-14-17(4,5)18(14,6)7/h13-14,19H,8-12H2,1-7H3. The predicted octanol–water partition coefficient (Wildman–Crippen LogP) is 3.80. The second-order valence-corrected chi connectivity index (χ2v) is 9.11. The highest BCUT2D eigenvalue weighted by atomic mass is 16.6. The summed E-state index contributed by atoms with van der Waals surface area (Å²) in [5.41, 5.74) is 0.240. The first-order chi connectivity index (χ1) is 9.97. The van der Waals surface area contributed by atoms with Crippen LogP contribution < -0.4 is 5.32 Å². The molecule has 1 heterocycles. The molecule has 22 heavy (non-hydrogen) atoms. The normalized spacial score (nSPS) is 27.6. The van der Waals surface area contributed by atoms with E-state index in [9.17, 15) is 4.79 Å². The number of hydrogen-bond donors (Lipinski definition) is 1. The van der Waals surface area contributed by atoms with Crippen molar-refractivity contribution in [1.29, 1.82) is 0 Å². The molecule has 4 nitrogen and oxygen atoms in total. The molecular formula is C18H34N2O2. The lowest BCUT2D eigenvalue weighted by molar-refractivity contribution is 0.00982. The van der Waals surface area contributed by atoms with Gasteiger partial charge in [0.05, 0.1) is 0 Å². The average molecular weight is 310 g/mol. The minimum Gasteiger partial charge on any atom is -0.444 e. The van der Waals surface area contributed by atoms with Crippen molar-refractivity contribution in [2.45, 2.75) is 85.4 Å². The van der Waals surface area contributed by atoms with Gasteiger partial charge in [0.1, 0.15) is 5.60 Å². The number of nitrogens with zero attached hydrogens (tertiary/aromatic N) is 1. The first kappa shape index (κ1) is 17.6. The van der Waals surface area contributed by atoms with E-state index < -0.39 is 5.60 Å². The van der Waals surface area contributed by atoms with Gasteiger partial charge in [0.2, 0.25) is 0 Å². The summed E-state index contributed by atoms with van der Waals surface area (Å²) in [6.07, 6.45) is 3.19. The molecular weight excluding hydrogens is 276 g/mol. The SMILES string of the molecule is CC(C)(C)OC(=O)N1CCCCC1CNC1C(C)(C)C1(C)C. The lowest BCUT2D eigenvalue weighted by Crippen LogP contribution is -2.50. The zero-order valence-electron chi connectivity index (χ0n) is 15.5. The van der Waals surface area contributed by atoms with Crippen LogP contribution in [0.25, 0.3) is 0 Å². The van der Waals surface area contributed by atoms with Crippen molar-refractivity contribution in [3.63, 3.8) is 0 Å². The zero-order valence-corrected chi connectivity index (χ0v) is 15.5. The Morgan fingerprint density at radius 1 is 1.18 bits per heavy atom. The molecule has 128 valence electrons. The van der Waals surface area contributed by atoms with Crippen LogP contribution in [0.3, 0.4) is 0 Å². The summed E-state index contributed by atoms with van der Waals surface area (Å²) in [4.78, 5) is 14.3. The van der Waals surface area contributed by atoms with Crippen LogP contribution in [-0.2, 0) is 4.74 Å². The van der Waals surface area contributed by atoms with Crippen LogP contribution in [0.5, 0.6) is 0 Å². The number of carbonyl (C=O) groups excluding carboxylic acids is 1. The van der Waals surface area contributed by atoms with Crippen molar-refractivity contribution in [2.24, 2.45) is 10.8 Å². The molecule has 1 aliphatic heterocycles. The molecule has 1 saturated carbocycles. The van der Waals surface area contributed by atoms with Crippen LogP contribution in [-0.4, -0.2) is 41.8 Å². The molecule has 0 bridgehead atoms. The van der Waals surface area contributed by atoms with Gasteiger partial charge in [-0.3, -0.25) is 0 Å². The predicted molar refractivity (Wildman–Crippen MR) is 89.9 cm³/mol. The van der Waals surface area contributed by atoms with E-state index in [-0.39, 0.29) is 12.1 Å². The molecule has 0 aromatic rings. The van der Waals surface area contributed by atoms with Gasteiger partial charge in [-0.05, 0) is 50.9 Å². The Hall–Kier alpha value is -0.770. The summed E-state index contributed by atoms with van der Waals surface area (Å²) in [6, 6.07) is 0.790. The number of likely N-dealkylation sites (tertiary alicyclic amines) is 1. The van der Waals surface area contributed by atoms with Gasteiger partial charge in [-0.1, -0.05) is 27.7 Å². The maximum Gasteiger partial charge on any atom is 0.410 e. The highest BCUT2D eigenvalue weighted by Crippen LogP contribution is 2.62. The van der Waals surface area contributed by atoms with E-state index in [0.717, 1.165) is 25.9 Å². The van der Waals surface area contributed by atoms with Crippen molar-refractivity contribution in [1.82, 2.24) is 10.2 Å². The van der Waals surface area contributed by atoms with E-state index in [2.05, 4.69) is 33.0 Å². The smallest absolute Gasteiger partial charge is 0.410 e. The molecule has 1 amide bonds. The minimum atomic E-state index is -0.424. The van der Waals surface area contributed by atoms with Gasteiger partial charge >= 0.3 is 6.09 Å². The molecule has 4 heteroatoms. The van der Waals surface area contributed by atoms with Gasteiger partial charge in [0, 0.05) is 25.2 Å². The number of amides is 1. The Balaban J connectivity index is 1.92. The van der Waals surface area contributed by atoms with Crippen LogP contribution in [0.15, 0.2) is 0 Å². The third-order valence-electron chi connectivity index (χ3n) is 5.83. The number of nitrogens with one attached hydrogen (secondary N) is 1. The average Bonchev–Trinajstić information content (AvgIpc) is 2.75. The molecule has 0 spiro atoms. The van der Waals surface area contributed by atoms with Crippen molar-refractivity contribution >= 4 is 6.09 Å². The molecule has 0 aromatic heterocycles. The van der Waals surface area contributed by atoms with Crippen LogP contribution in [0.1, 0.15) is 67.7 Å². The molecule has 1 saturated heterocycles. The van der Waals surface area contributed by atoms with Gasteiger partial charge in [-0.15, -0.1) is 0 Å². The fourth-order valence-electron chi connectivity index (χ4n) is 3.73. The van der Waals surface area contributed by atoms with Crippen molar-refractivity contribution in [3.05, 3.63) is 0 Å². The van der Waals surface area contributed by atoms with E-state index in [1.165, 1.54) is 6.42 Å². The monoisotopic (exact) mass is 310 g/mol. The second kappa shape index (κ2) is 5.70. The summed E-state index contributed by atoms with van der Waals surface area (Å²) in [5.74, 6) is 0. The number of piperidine rings is 1. The Morgan fingerprint density at radius 2 is 1.77 bits per heavy atom. The molecule has 2 aliphatic rings. The van der Waals surface area contributed by atoms with Crippen molar-refractivity contribution < 1.29 is 9.53 Å². The molecule has 1 unspecified atom stereocenters. The lowest BCUT2D eigenvalue weighted by atomic mass is 10.0. The second-order valence-electron chi connectivity index (χ2n) is 9.11. The first-order valence-electron chi connectivity index (χ1n) is 8.70. The topological polar surface area (TPSA) is 41.6 Å². The molecule has 2 fully saturated rings. The molecule has 0 radical (unpaired) electrons. The highest BCUT2D eigenvalue weighted by molar-refractivity contribution is 5.68. The Labute approximate surface area is 136 Å². The maximum atomic E-state index is 12.4. The van der Waals surface area contributed by atoms with E-state index in [1.54, 1.807) is 0 Å². The van der Waals surface area contributed by atoms with Gasteiger partial charge in [0.25, 0.3) is 0 Å². The quantitative estimate of drug-likeness (QED) is 0.862. The third kappa shape index (κ3) is 3.42. The van der Waals surface area contributed by atoms with Crippen LogP contribution >= 0.6 is 0 Å². The third-order valence-corrected chi connectivity index (χ3v) is 5.83. The number of carbonyl (C=O) groups is 1. The Morgan fingerprint density at radius 3 is 2.27 bits per heavy atom. The molecule has 1 N–H and O–H groups in total. The highest BCUT2D eigenvalue weighted by Gasteiger charge is 2.64. The Bertz CT molecular complexity index is 409. The van der Waals surface area contributed by atoms with E-state index >= 15 is 0 Å². The van der Waals surface area contributed by atoms with Crippen molar-refractivity contribution in [3.8, 4) is 0 Å². The van der Waals surface area contributed by atoms with E-state index in [1.807, 2.05) is 25.7 Å². The molecule has 2 rings (SSSR count). The van der Waals surface area contributed by atoms with Gasteiger partial charge < -0.3 is 15.0 Å². The molecule has 1 aliphatic carbocycles. The van der Waals surface area contributed by atoms with Crippen LogP contribution in [0.2, 0.25) is 0 Å². The lowest BCUT2D eigenvalue weighted by Gasteiger charge is -2.37. The number of rotatable bonds is 3. The summed E-state index contributed by atoms with van der Waals surface area (Å²) in [5, 5.41) is 3.71. The van der Waals surface area contributed by atoms with Crippen LogP contribution in [0, 0.1) is 10.8 Å². The number of ether oxygens (including phenoxy) is 1. The summed E-state index contributed by atoms with van der Waals surface area (Å²) in [6.45, 7) is 16.7. The largest absolute Gasteiger partial charge is 0.444 e. The van der Waals surface area contributed by atoms with E-state index in [4.69, 9.17) is 4.74 Å². The maximum absolute atomic E-state index is 12.4. The van der Waals surface area contributed by atoms with Gasteiger partial charge in [0.15, 0.2) is 0 Å². The van der Waals surface area contributed by atoms with E-state index in [0.29, 0.717) is 16.9 Å². The van der Waals surface area contributed by atoms with Gasteiger partial charge in [-0.25, -0.2) is 4.79 Å². The summed E-state index contributed by atoms with van der Waals surface area (Å²) in [7, 11) is 0. The zero-order chi connectivity index (χ0) is 16.8. The van der Waals surface area contributed by atoms with Gasteiger partial charge in [-0.2, -0.15) is 0 Å². The molecule has 1 atom stereocenters. The van der Waals surface area contributed by atoms with Crippen LogP contribution in [0.4, 0.5) is 4.79 Å². The summed E-state index contributed by atoms with van der Waals surface area (Å²) < 4.78 is 5.57. The van der Waals surface area contributed by atoms with Crippen molar-refractivity contribution in [2.75, 3.05) is 13.1 Å². The minimum absolute atomic E-state index is 0.159. The Kier molecular flexibility index (Phi) is 4.55. The summed E-state index contributed by atoms with van der Waals surface area (Å²) >= 11 is 0.